The maximum atomic E-state index is 12.4. The van der Waals surface area contributed by atoms with Crippen molar-refractivity contribution in [3.8, 4) is 11.5 Å². The normalized spacial score (nSPS) is 10.9. The van der Waals surface area contributed by atoms with Crippen molar-refractivity contribution in [3.05, 3.63) is 82.9 Å². The fourth-order valence-corrected chi connectivity index (χ4v) is 3.22. The topological polar surface area (TPSA) is 55.1 Å². The molecule has 1 aromatic heterocycles. The second-order valence-corrected chi connectivity index (χ2v) is 6.90. The van der Waals surface area contributed by atoms with Crippen molar-refractivity contribution < 1.29 is 9.21 Å². The maximum Gasteiger partial charge on any atom is 0.255 e. The number of hydrogen-bond acceptors (Lipinski definition) is 3. The number of carbonyl (C=O) groups is 1. The number of carbonyl (C=O) groups excluding carboxylic acids is 1. The fraction of sp³-hybridized carbons (Fsp3) is 0.130. The largest absolute Gasteiger partial charge is 0.436 e. The van der Waals surface area contributed by atoms with E-state index < -0.39 is 0 Å². The molecule has 0 unspecified atom stereocenters. The molecule has 4 heteroatoms. The molecule has 0 saturated carbocycles. The van der Waals surface area contributed by atoms with Crippen LogP contribution in [0.25, 0.3) is 22.6 Å². The van der Waals surface area contributed by atoms with E-state index in [9.17, 15) is 4.79 Å². The second kappa shape index (κ2) is 6.72. The molecule has 27 heavy (non-hydrogen) atoms. The van der Waals surface area contributed by atoms with E-state index in [1.165, 1.54) is 11.1 Å². The number of amides is 1. The SMILES string of the molecule is Cc1cccc(C(=O)Nc2ccc3oc(-c4cc(C)cc(C)c4)nc3c2)c1. The standard InChI is InChI=1S/C23H20N2O2/c1-14-5-4-6-17(10-14)22(26)24-19-7-8-21-20(13-19)25-23(27-21)18-11-15(2)9-16(3)12-18/h4-13H,1-3H3,(H,24,26). The Morgan fingerprint density at radius 1 is 0.889 bits per heavy atom. The van der Waals surface area contributed by atoms with Crippen LogP contribution >= 0.6 is 0 Å². The van der Waals surface area contributed by atoms with Crippen molar-refractivity contribution >= 4 is 22.7 Å². The number of oxazole rings is 1. The highest BCUT2D eigenvalue weighted by atomic mass is 16.3. The lowest BCUT2D eigenvalue weighted by Gasteiger charge is -2.05. The summed E-state index contributed by atoms with van der Waals surface area (Å²) in [5.74, 6) is 0.440. The third-order valence-corrected chi connectivity index (χ3v) is 4.39. The van der Waals surface area contributed by atoms with Gasteiger partial charge in [0.25, 0.3) is 5.91 Å². The van der Waals surface area contributed by atoms with Crippen LogP contribution in [0.2, 0.25) is 0 Å². The van der Waals surface area contributed by atoms with Crippen LogP contribution in [0.5, 0.6) is 0 Å². The van der Waals surface area contributed by atoms with Crippen LogP contribution < -0.4 is 5.32 Å². The van der Waals surface area contributed by atoms with E-state index in [4.69, 9.17) is 4.42 Å². The molecule has 3 aromatic carbocycles. The number of rotatable bonds is 3. The molecule has 0 fully saturated rings. The minimum absolute atomic E-state index is 0.143. The zero-order chi connectivity index (χ0) is 19.0. The van der Waals surface area contributed by atoms with Crippen LogP contribution in [0.1, 0.15) is 27.0 Å². The van der Waals surface area contributed by atoms with Gasteiger partial charge in [0.05, 0.1) is 0 Å². The Morgan fingerprint density at radius 3 is 2.41 bits per heavy atom. The molecule has 0 aliphatic heterocycles. The van der Waals surface area contributed by atoms with E-state index in [1.54, 1.807) is 6.07 Å². The molecule has 1 heterocycles. The number of fused-ring (bicyclic) bond motifs is 1. The predicted octanol–water partition coefficient (Wildman–Crippen LogP) is 5.67. The average Bonchev–Trinajstić information content (AvgIpc) is 3.04. The molecule has 4 rings (SSSR count). The molecule has 0 aliphatic carbocycles. The van der Waals surface area contributed by atoms with Gasteiger partial charge in [-0.2, -0.15) is 0 Å². The van der Waals surface area contributed by atoms with Crippen molar-refractivity contribution in [1.29, 1.82) is 0 Å². The Kier molecular flexibility index (Phi) is 4.24. The third-order valence-electron chi connectivity index (χ3n) is 4.39. The first kappa shape index (κ1) is 17.0. The highest BCUT2D eigenvalue weighted by molar-refractivity contribution is 6.05. The molecule has 1 amide bonds. The Labute approximate surface area is 157 Å². The first-order valence-corrected chi connectivity index (χ1v) is 8.85. The smallest absolute Gasteiger partial charge is 0.255 e. The molecular formula is C23H20N2O2. The summed E-state index contributed by atoms with van der Waals surface area (Å²) in [4.78, 5) is 17.1. The quantitative estimate of drug-likeness (QED) is 0.514. The summed E-state index contributed by atoms with van der Waals surface area (Å²) in [6.45, 7) is 6.07. The van der Waals surface area contributed by atoms with Crippen molar-refractivity contribution in [2.75, 3.05) is 5.32 Å². The summed E-state index contributed by atoms with van der Waals surface area (Å²) in [6, 6.07) is 19.2. The van der Waals surface area contributed by atoms with Gasteiger partial charge in [0.2, 0.25) is 5.89 Å². The molecule has 4 nitrogen and oxygen atoms in total. The zero-order valence-corrected chi connectivity index (χ0v) is 15.5. The number of nitrogens with zero attached hydrogens (tertiary/aromatic N) is 1. The second-order valence-electron chi connectivity index (χ2n) is 6.90. The number of benzene rings is 3. The van der Waals surface area contributed by atoms with Gasteiger partial charge in [0.1, 0.15) is 5.52 Å². The lowest BCUT2D eigenvalue weighted by atomic mass is 10.1. The van der Waals surface area contributed by atoms with Gasteiger partial charge in [-0.1, -0.05) is 34.9 Å². The van der Waals surface area contributed by atoms with Gasteiger partial charge in [-0.3, -0.25) is 4.79 Å². The summed E-state index contributed by atoms with van der Waals surface area (Å²) >= 11 is 0. The minimum Gasteiger partial charge on any atom is -0.436 e. The Morgan fingerprint density at radius 2 is 1.67 bits per heavy atom. The highest BCUT2D eigenvalue weighted by Crippen LogP contribution is 2.27. The Bertz CT molecular complexity index is 1140. The van der Waals surface area contributed by atoms with Crippen LogP contribution in [-0.4, -0.2) is 10.9 Å². The minimum atomic E-state index is -0.143. The summed E-state index contributed by atoms with van der Waals surface area (Å²) in [5.41, 5.74) is 7.06. The molecule has 0 spiro atoms. The first-order chi connectivity index (χ1) is 13.0. The van der Waals surface area contributed by atoms with E-state index in [1.807, 2.05) is 43.3 Å². The van der Waals surface area contributed by atoms with Crippen LogP contribution in [-0.2, 0) is 0 Å². The van der Waals surface area contributed by atoms with E-state index in [0.717, 1.165) is 11.1 Å². The highest BCUT2D eigenvalue weighted by Gasteiger charge is 2.11. The summed E-state index contributed by atoms with van der Waals surface area (Å²) in [6.07, 6.45) is 0. The number of anilines is 1. The van der Waals surface area contributed by atoms with Crippen LogP contribution in [0.4, 0.5) is 5.69 Å². The summed E-state index contributed by atoms with van der Waals surface area (Å²) < 4.78 is 5.90. The Balaban J connectivity index is 1.63. The van der Waals surface area contributed by atoms with Crippen molar-refractivity contribution in [2.24, 2.45) is 0 Å². The summed E-state index contributed by atoms with van der Waals surface area (Å²) in [5, 5.41) is 2.92. The molecule has 0 bridgehead atoms. The van der Waals surface area contributed by atoms with Gasteiger partial charge in [0, 0.05) is 16.8 Å². The van der Waals surface area contributed by atoms with Crippen LogP contribution in [0.15, 0.2) is 65.1 Å². The first-order valence-electron chi connectivity index (χ1n) is 8.85. The van der Waals surface area contributed by atoms with E-state index in [-0.39, 0.29) is 5.91 Å². The monoisotopic (exact) mass is 356 g/mol. The molecular weight excluding hydrogens is 336 g/mol. The lowest BCUT2D eigenvalue weighted by molar-refractivity contribution is 0.102. The number of hydrogen-bond donors (Lipinski definition) is 1. The van der Waals surface area contributed by atoms with Gasteiger partial charge in [0.15, 0.2) is 5.58 Å². The molecule has 4 aromatic rings. The van der Waals surface area contributed by atoms with Crippen LogP contribution in [0.3, 0.4) is 0 Å². The lowest BCUT2D eigenvalue weighted by Crippen LogP contribution is -2.11. The predicted molar refractivity (Wildman–Crippen MR) is 108 cm³/mol. The molecule has 0 radical (unpaired) electrons. The van der Waals surface area contributed by atoms with E-state index in [0.29, 0.717) is 28.2 Å². The van der Waals surface area contributed by atoms with Crippen molar-refractivity contribution in [1.82, 2.24) is 4.98 Å². The Hall–Kier alpha value is -3.40. The number of aryl methyl sites for hydroxylation is 3. The van der Waals surface area contributed by atoms with E-state index >= 15 is 0 Å². The number of nitrogens with one attached hydrogen (secondary N) is 1. The van der Waals surface area contributed by atoms with Crippen molar-refractivity contribution in [2.45, 2.75) is 20.8 Å². The maximum absolute atomic E-state index is 12.4. The molecule has 0 aliphatic rings. The molecule has 1 N–H and O–H groups in total. The van der Waals surface area contributed by atoms with Gasteiger partial charge in [-0.25, -0.2) is 4.98 Å². The molecule has 0 saturated heterocycles. The number of aromatic nitrogens is 1. The molecule has 134 valence electrons. The van der Waals surface area contributed by atoms with Crippen LogP contribution in [0, 0.1) is 20.8 Å². The van der Waals surface area contributed by atoms with Gasteiger partial charge in [-0.05, 0) is 63.2 Å². The summed E-state index contributed by atoms with van der Waals surface area (Å²) in [7, 11) is 0. The fourth-order valence-electron chi connectivity index (χ4n) is 3.22. The zero-order valence-electron chi connectivity index (χ0n) is 15.5. The third kappa shape index (κ3) is 3.60. The van der Waals surface area contributed by atoms with Gasteiger partial charge >= 0.3 is 0 Å². The molecule has 0 atom stereocenters. The van der Waals surface area contributed by atoms with E-state index in [2.05, 4.69) is 42.3 Å². The van der Waals surface area contributed by atoms with Gasteiger partial charge in [-0.15, -0.1) is 0 Å². The van der Waals surface area contributed by atoms with Crippen molar-refractivity contribution in [3.63, 3.8) is 0 Å². The van der Waals surface area contributed by atoms with Gasteiger partial charge < -0.3 is 9.73 Å². The average molecular weight is 356 g/mol.